The Labute approximate surface area is 233 Å². The van der Waals surface area contributed by atoms with Gasteiger partial charge in [0.1, 0.15) is 12.2 Å². The van der Waals surface area contributed by atoms with Gasteiger partial charge in [-0.2, -0.15) is 0 Å². The molecule has 0 radical (unpaired) electrons. The molecule has 0 N–H and O–H groups in total. The van der Waals surface area contributed by atoms with Gasteiger partial charge in [-0.1, -0.05) is 20.8 Å². The Hall–Kier alpha value is -2.12. The van der Waals surface area contributed by atoms with Crippen LogP contribution in [0.1, 0.15) is 99.3 Å². The molecule has 8 nitrogen and oxygen atoms in total. The van der Waals surface area contributed by atoms with E-state index in [1.54, 1.807) is 0 Å². The van der Waals surface area contributed by atoms with Crippen molar-refractivity contribution in [2.75, 3.05) is 7.11 Å². The molecule has 0 aromatic rings. The second-order valence-electron chi connectivity index (χ2n) is 13.4. The van der Waals surface area contributed by atoms with Crippen molar-refractivity contribution in [3.8, 4) is 0 Å². The molecule has 4 rings (SSSR count). The maximum atomic E-state index is 12.4. The van der Waals surface area contributed by atoms with Crippen molar-refractivity contribution in [2.24, 2.45) is 46.3 Å². The van der Waals surface area contributed by atoms with Gasteiger partial charge in [0.15, 0.2) is 6.10 Å². The minimum atomic E-state index is -0.892. The van der Waals surface area contributed by atoms with Gasteiger partial charge in [-0.3, -0.25) is 14.4 Å². The lowest BCUT2D eigenvalue weighted by Crippen LogP contribution is -2.59. The van der Waals surface area contributed by atoms with Crippen LogP contribution < -0.4 is 0 Å². The van der Waals surface area contributed by atoms with Gasteiger partial charge in [0.2, 0.25) is 0 Å². The molecule has 0 aromatic carbocycles. The quantitative estimate of drug-likeness (QED) is 0.314. The number of fused-ring (bicyclic) bond motifs is 5. The summed E-state index contributed by atoms with van der Waals surface area (Å²) in [6.07, 6.45) is 7.21. The summed E-state index contributed by atoms with van der Waals surface area (Å²) in [5.41, 5.74) is 0.183. The average Bonchev–Trinajstić information content (AvgIpc) is 3.20. The third kappa shape index (κ3) is 5.72. The van der Waals surface area contributed by atoms with E-state index in [9.17, 15) is 19.2 Å². The van der Waals surface area contributed by atoms with E-state index in [0.29, 0.717) is 36.0 Å². The number of carbonyl (C=O) groups excluding carboxylic acids is 4. The van der Waals surface area contributed by atoms with Crippen LogP contribution in [0.15, 0.2) is 0 Å². The fraction of sp³-hybridized carbons (Fsp3) is 0.871. The van der Waals surface area contributed by atoms with Gasteiger partial charge in [0, 0.05) is 26.7 Å². The van der Waals surface area contributed by atoms with Crippen LogP contribution >= 0.6 is 0 Å². The number of methoxy groups -OCH3 is 1. The van der Waals surface area contributed by atoms with Crippen molar-refractivity contribution in [2.45, 2.75) is 118 Å². The van der Waals surface area contributed by atoms with Gasteiger partial charge in [0.05, 0.1) is 7.11 Å². The Morgan fingerprint density at radius 3 is 2.08 bits per heavy atom. The van der Waals surface area contributed by atoms with Crippen LogP contribution in [0.4, 0.5) is 0 Å². The van der Waals surface area contributed by atoms with Crippen LogP contribution in [-0.2, 0) is 38.1 Å². The maximum Gasteiger partial charge on any atom is 0.347 e. The molecule has 4 fully saturated rings. The first-order valence-corrected chi connectivity index (χ1v) is 14.9. The average molecular weight is 549 g/mol. The molecule has 0 spiro atoms. The Kier molecular flexibility index (Phi) is 8.73. The summed E-state index contributed by atoms with van der Waals surface area (Å²) in [4.78, 5) is 48.0. The van der Waals surface area contributed by atoms with Gasteiger partial charge in [-0.05, 0) is 98.2 Å². The van der Waals surface area contributed by atoms with E-state index in [0.717, 1.165) is 51.4 Å². The summed E-state index contributed by atoms with van der Waals surface area (Å²) >= 11 is 0. The lowest BCUT2D eigenvalue weighted by atomic mass is 9.43. The lowest BCUT2D eigenvalue weighted by Gasteiger charge is -2.62. The van der Waals surface area contributed by atoms with E-state index in [4.69, 9.17) is 18.9 Å². The molecule has 0 bridgehead atoms. The van der Waals surface area contributed by atoms with E-state index >= 15 is 0 Å². The molecule has 39 heavy (non-hydrogen) atoms. The van der Waals surface area contributed by atoms with E-state index in [2.05, 4.69) is 20.8 Å². The van der Waals surface area contributed by atoms with Crippen molar-refractivity contribution in [3.63, 3.8) is 0 Å². The molecule has 4 saturated carbocycles. The summed E-state index contributed by atoms with van der Waals surface area (Å²) in [5.74, 6) is 0.610. The third-order valence-electron chi connectivity index (χ3n) is 11.4. The molecule has 0 saturated heterocycles. The molecule has 11 atom stereocenters. The molecule has 0 aliphatic heterocycles. The van der Waals surface area contributed by atoms with Gasteiger partial charge in [-0.25, -0.2) is 4.79 Å². The molecule has 0 aromatic heterocycles. The highest BCUT2D eigenvalue weighted by molar-refractivity contribution is 5.78. The minimum absolute atomic E-state index is 0.0496. The molecular weight excluding hydrogens is 500 g/mol. The topological polar surface area (TPSA) is 105 Å². The first-order chi connectivity index (χ1) is 18.3. The zero-order valence-corrected chi connectivity index (χ0v) is 24.8. The number of carbonyl (C=O) groups is 4. The Bertz CT molecular complexity index is 962. The molecule has 4 aliphatic carbocycles. The summed E-state index contributed by atoms with van der Waals surface area (Å²) in [6, 6.07) is 0. The van der Waals surface area contributed by atoms with Crippen molar-refractivity contribution < 1.29 is 38.1 Å². The fourth-order valence-corrected chi connectivity index (χ4v) is 9.84. The monoisotopic (exact) mass is 548 g/mol. The largest absolute Gasteiger partial charge is 0.466 e. The highest BCUT2D eigenvalue weighted by Crippen LogP contribution is 2.69. The van der Waals surface area contributed by atoms with Crippen LogP contribution in [0, 0.1) is 46.3 Å². The van der Waals surface area contributed by atoms with Crippen LogP contribution in [0.3, 0.4) is 0 Å². The Morgan fingerprint density at radius 2 is 1.46 bits per heavy atom. The second kappa shape index (κ2) is 11.4. The zero-order valence-electron chi connectivity index (χ0n) is 24.8. The van der Waals surface area contributed by atoms with Crippen LogP contribution in [0.2, 0.25) is 0 Å². The Morgan fingerprint density at radius 1 is 0.821 bits per heavy atom. The number of hydrogen-bond acceptors (Lipinski definition) is 8. The van der Waals surface area contributed by atoms with Crippen LogP contribution in [0.5, 0.6) is 0 Å². The highest BCUT2D eigenvalue weighted by atomic mass is 16.6. The van der Waals surface area contributed by atoms with Crippen molar-refractivity contribution >= 4 is 23.9 Å². The zero-order chi connectivity index (χ0) is 28.7. The standard InChI is InChI=1S/C31H48O8/c1-17(14-27(29(35)36-7)39-20(4)34)23-8-9-24-28-25(11-13-31(23,24)6)30(5)12-10-22(37-18(2)32)15-21(30)16-26(28)38-19(3)33/h17,21-28H,8-16H2,1-7H3. The van der Waals surface area contributed by atoms with Gasteiger partial charge >= 0.3 is 23.9 Å². The van der Waals surface area contributed by atoms with Crippen LogP contribution in [0.25, 0.3) is 0 Å². The van der Waals surface area contributed by atoms with E-state index in [-0.39, 0.29) is 40.9 Å². The molecule has 4 aliphatic rings. The fourth-order valence-electron chi connectivity index (χ4n) is 9.84. The van der Waals surface area contributed by atoms with Crippen molar-refractivity contribution in [1.82, 2.24) is 0 Å². The molecule has 0 amide bonds. The summed E-state index contributed by atoms with van der Waals surface area (Å²) in [7, 11) is 1.32. The van der Waals surface area contributed by atoms with E-state index < -0.39 is 18.0 Å². The summed E-state index contributed by atoms with van der Waals surface area (Å²) in [6.45, 7) is 11.3. The first-order valence-electron chi connectivity index (χ1n) is 14.9. The molecule has 220 valence electrons. The van der Waals surface area contributed by atoms with Gasteiger partial charge < -0.3 is 18.9 Å². The van der Waals surface area contributed by atoms with Crippen molar-refractivity contribution in [1.29, 1.82) is 0 Å². The first kappa shape index (κ1) is 29.9. The normalized spacial score (nSPS) is 40.6. The molecule has 8 heteroatoms. The number of esters is 4. The predicted molar refractivity (Wildman–Crippen MR) is 143 cm³/mol. The van der Waals surface area contributed by atoms with E-state index in [1.807, 2.05) is 0 Å². The number of hydrogen-bond donors (Lipinski definition) is 0. The number of ether oxygens (including phenoxy) is 4. The number of rotatable bonds is 7. The highest BCUT2D eigenvalue weighted by Gasteiger charge is 2.64. The SMILES string of the molecule is COC(=O)C(CC(C)C1CCC2C3C(OC(C)=O)CC4CC(OC(C)=O)CCC4(C)C3CCC12C)OC(C)=O. The summed E-state index contributed by atoms with van der Waals surface area (Å²) < 4.78 is 22.0. The second-order valence-corrected chi connectivity index (χ2v) is 13.4. The molecule has 11 unspecified atom stereocenters. The van der Waals surface area contributed by atoms with Crippen LogP contribution in [-0.4, -0.2) is 49.3 Å². The van der Waals surface area contributed by atoms with Gasteiger partial charge in [-0.15, -0.1) is 0 Å². The van der Waals surface area contributed by atoms with E-state index in [1.165, 1.54) is 27.9 Å². The smallest absolute Gasteiger partial charge is 0.347 e. The van der Waals surface area contributed by atoms with Gasteiger partial charge in [0.25, 0.3) is 0 Å². The van der Waals surface area contributed by atoms with Crippen molar-refractivity contribution in [3.05, 3.63) is 0 Å². The molecular formula is C31H48O8. The maximum absolute atomic E-state index is 12.4. The minimum Gasteiger partial charge on any atom is -0.466 e. The molecule has 0 heterocycles. The summed E-state index contributed by atoms with van der Waals surface area (Å²) in [5, 5.41) is 0. The lowest BCUT2D eigenvalue weighted by molar-refractivity contribution is -0.197. The Balaban J connectivity index is 1.58. The predicted octanol–water partition coefficient (Wildman–Crippen LogP) is 5.25. The third-order valence-corrected chi connectivity index (χ3v) is 11.4.